The van der Waals surface area contributed by atoms with Gasteiger partial charge in [-0.05, 0) is 44.0 Å². The first-order chi connectivity index (χ1) is 11.7. The molecule has 0 aliphatic carbocycles. The summed E-state index contributed by atoms with van der Waals surface area (Å²) in [6.07, 6.45) is -4.32. The number of aliphatic hydroxyl groups excluding tert-OH is 1. The minimum absolute atomic E-state index is 0.217. The van der Waals surface area contributed by atoms with Gasteiger partial charge in [0, 0.05) is 24.2 Å². The second-order valence-electron chi connectivity index (χ2n) is 6.25. The molecule has 1 aliphatic heterocycles. The largest absolute Gasteiger partial charge is 0.507 e. The van der Waals surface area contributed by atoms with E-state index in [4.69, 9.17) is 0 Å². The number of hydrogen-bond donors (Lipinski definition) is 2. The molecular formula is C17H18F3N3O2. The molecule has 134 valence electrons. The Labute approximate surface area is 142 Å². The predicted octanol–water partition coefficient (Wildman–Crippen LogP) is 2.92. The van der Waals surface area contributed by atoms with Crippen molar-refractivity contribution in [1.29, 1.82) is 0 Å². The van der Waals surface area contributed by atoms with Gasteiger partial charge in [-0.2, -0.15) is 13.2 Å². The first-order valence-corrected chi connectivity index (χ1v) is 7.88. The van der Waals surface area contributed by atoms with Crippen LogP contribution in [0.15, 0.2) is 18.2 Å². The summed E-state index contributed by atoms with van der Waals surface area (Å²) in [5, 5.41) is 27.9. The second kappa shape index (κ2) is 6.18. The number of phenols is 1. The van der Waals surface area contributed by atoms with E-state index in [2.05, 4.69) is 10.2 Å². The van der Waals surface area contributed by atoms with E-state index in [1.54, 1.807) is 6.92 Å². The van der Waals surface area contributed by atoms with Crippen LogP contribution >= 0.6 is 0 Å². The van der Waals surface area contributed by atoms with E-state index >= 15 is 0 Å². The number of nitrogens with zero attached hydrogens (tertiary/aromatic N) is 3. The molecule has 1 atom stereocenters. The van der Waals surface area contributed by atoms with Crippen molar-refractivity contribution in [3.63, 3.8) is 0 Å². The number of halogens is 3. The maximum Gasteiger partial charge on any atom is 0.416 e. The molecule has 0 fully saturated rings. The fourth-order valence-corrected chi connectivity index (χ4v) is 3.11. The standard InChI is InChI=1S/C17H18F3N3O2/c1-9(24)8-23-6-5-12-10(2)15(21-22-16(12)23)13-4-3-11(7-14(13)25)17(18,19)20/h3-4,7,9,24-25H,5-6,8H2,1-2H3. The Morgan fingerprint density at radius 3 is 2.60 bits per heavy atom. The quantitative estimate of drug-likeness (QED) is 0.888. The Kier molecular flexibility index (Phi) is 4.32. The number of aromatic nitrogens is 2. The van der Waals surface area contributed by atoms with Crippen molar-refractivity contribution < 1.29 is 23.4 Å². The topological polar surface area (TPSA) is 69.5 Å². The van der Waals surface area contributed by atoms with Gasteiger partial charge in [0.25, 0.3) is 0 Å². The predicted molar refractivity (Wildman–Crippen MR) is 86.5 cm³/mol. The van der Waals surface area contributed by atoms with E-state index < -0.39 is 23.6 Å². The van der Waals surface area contributed by atoms with Gasteiger partial charge in [0.1, 0.15) is 5.75 Å². The van der Waals surface area contributed by atoms with Crippen LogP contribution in [0.3, 0.4) is 0 Å². The number of hydrogen-bond acceptors (Lipinski definition) is 5. The zero-order chi connectivity index (χ0) is 18.4. The van der Waals surface area contributed by atoms with E-state index in [9.17, 15) is 23.4 Å². The van der Waals surface area contributed by atoms with Crippen molar-refractivity contribution in [2.75, 3.05) is 18.0 Å². The molecule has 3 rings (SSSR count). The fourth-order valence-electron chi connectivity index (χ4n) is 3.11. The van der Waals surface area contributed by atoms with Crippen molar-refractivity contribution in [3.8, 4) is 17.0 Å². The number of fused-ring (bicyclic) bond motifs is 1. The van der Waals surface area contributed by atoms with E-state index in [0.29, 0.717) is 37.1 Å². The van der Waals surface area contributed by atoms with Gasteiger partial charge in [-0.3, -0.25) is 0 Å². The maximum absolute atomic E-state index is 12.7. The second-order valence-corrected chi connectivity index (χ2v) is 6.25. The number of anilines is 1. The minimum Gasteiger partial charge on any atom is -0.507 e. The highest BCUT2D eigenvalue weighted by atomic mass is 19.4. The van der Waals surface area contributed by atoms with E-state index in [1.807, 2.05) is 11.8 Å². The summed E-state index contributed by atoms with van der Waals surface area (Å²) in [6, 6.07) is 2.83. The first-order valence-electron chi connectivity index (χ1n) is 7.88. The van der Waals surface area contributed by atoms with Crippen LogP contribution in [0, 0.1) is 6.92 Å². The number of rotatable bonds is 3. The molecule has 0 amide bonds. The van der Waals surface area contributed by atoms with Crippen molar-refractivity contribution in [2.24, 2.45) is 0 Å². The third-order valence-electron chi connectivity index (χ3n) is 4.32. The zero-order valence-corrected chi connectivity index (χ0v) is 13.8. The van der Waals surface area contributed by atoms with Gasteiger partial charge in [-0.25, -0.2) is 0 Å². The molecule has 0 saturated carbocycles. The number of phenolic OH excluding ortho intramolecular Hbond substituents is 1. The number of alkyl halides is 3. The van der Waals surface area contributed by atoms with Crippen molar-refractivity contribution >= 4 is 5.82 Å². The van der Waals surface area contributed by atoms with Crippen LogP contribution in [0.2, 0.25) is 0 Å². The highest BCUT2D eigenvalue weighted by Gasteiger charge is 2.32. The molecule has 2 N–H and O–H groups in total. The third kappa shape index (κ3) is 3.26. The fraction of sp³-hybridized carbons (Fsp3) is 0.412. The molecule has 0 saturated heterocycles. The number of β-amino-alcohol motifs (C(OH)–C–C–N with tert-alkyl or cyclic N) is 1. The SMILES string of the molecule is Cc1c(-c2ccc(C(F)(F)F)cc2O)nnc2c1CCN2CC(C)O. The molecule has 8 heteroatoms. The number of aromatic hydroxyl groups is 1. The minimum atomic E-state index is -4.52. The molecule has 0 bridgehead atoms. The summed E-state index contributed by atoms with van der Waals surface area (Å²) in [5.41, 5.74) is 1.38. The maximum atomic E-state index is 12.7. The smallest absolute Gasteiger partial charge is 0.416 e. The van der Waals surface area contributed by atoms with E-state index in [0.717, 1.165) is 17.2 Å². The Balaban J connectivity index is 2.00. The molecule has 1 aromatic heterocycles. The van der Waals surface area contributed by atoms with Crippen LogP contribution in [0.25, 0.3) is 11.3 Å². The van der Waals surface area contributed by atoms with Gasteiger partial charge in [-0.1, -0.05) is 0 Å². The normalized spacial score (nSPS) is 15.4. The van der Waals surface area contributed by atoms with Crippen molar-refractivity contribution in [3.05, 3.63) is 34.9 Å². The van der Waals surface area contributed by atoms with Crippen LogP contribution < -0.4 is 4.90 Å². The monoisotopic (exact) mass is 353 g/mol. The molecular weight excluding hydrogens is 335 g/mol. The summed E-state index contributed by atoms with van der Waals surface area (Å²) in [6.45, 7) is 4.63. The summed E-state index contributed by atoms with van der Waals surface area (Å²) in [5.74, 6) is 0.194. The van der Waals surface area contributed by atoms with Gasteiger partial charge in [-0.15, -0.1) is 10.2 Å². The Morgan fingerprint density at radius 1 is 1.28 bits per heavy atom. The molecule has 5 nitrogen and oxygen atoms in total. The Bertz CT molecular complexity index is 806. The lowest BCUT2D eigenvalue weighted by Crippen LogP contribution is -2.29. The van der Waals surface area contributed by atoms with Crippen LogP contribution in [0.1, 0.15) is 23.6 Å². The summed E-state index contributed by atoms with van der Waals surface area (Å²) < 4.78 is 38.2. The van der Waals surface area contributed by atoms with Crippen molar-refractivity contribution in [2.45, 2.75) is 32.5 Å². The lowest BCUT2D eigenvalue weighted by atomic mass is 10.0. The molecule has 25 heavy (non-hydrogen) atoms. The summed E-state index contributed by atoms with van der Waals surface area (Å²) >= 11 is 0. The van der Waals surface area contributed by atoms with E-state index in [-0.39, 0.29) is 5.56 Å². The van der Waals surface area contributed by atoms with Crippen LogP contribution in [-0.2, 0) is 12.6 Å². The molecule has 1 aromatic carbocycles. The average Bonchev–Trinajstić information content (AvgIpc) is 2.90. The van der Waals surface area contributed by atoms with Gasteiger partial charge in [0.05, 0.1) is 17.4 Å². The molecule has 0 radical (unpaired) electrons. The summed E-state index contributed by atoms with van der Waals surface area (Å²) in [4.78, 5) is 1.93. The molecule has 2 heterocycles. The first kappa shape index (κ1) is 17.5. The zero-order valence-electron chi connectivity index (χ0n) is 13.8. The van der Waals surface area contributed by atoms with Gasteiger partial charge in [0.15, 0.2) is 5.82 Å². The van der Waals surface area contributed by atoms with E-state index in [1.165, 1.54) is 6.07 Å². The van der Waals surface area contributed by atoms with Gasteiger partial charge >= 0.3 is 6.18 Å². The van der Waals surface area contributed by atoms with Crippen LogP contribution in [0.5, 0.6) is 5.75 Å². The number of aliphatic hydroxyl groups is 1. The highest BCUT2D eigenvalue weighted by Crippen LogP contribution is 2.39. The van der Waals surface area contributed by atoms with Crippen LogP contribution in [0.4, 0.5) is 19.0 Å². The third-order valence-corrected chi connectivity index (χ3v) is 4.32. The van der Waals surface area contributed by atoms with Gasteiger partial charge in [0.2, 0.25) is 0 Å². The Hall–Kier alpha value is -2.35. The molecule has 0 spiro atoms. The number of benzene rings is 1. The highest BCUT2D eigenvalue weighted by molar-refractivity contribution is 5.73. The lowest BCUT2D eigenvalue weighted by Gasteiger charge is -2.20. The molecule has 2 aromatic rings. The van der Waals surface area contributed by atoms with Gasteiger partial charge < -0.3 is 15.1 Å². The molecule has 1 aliphatic rings. The molecule has 1 unspecified atom stereocenters. The van der Waals surface area contributed by atoms with Crippen LogP contribution in [-0.4, -0.2) is 39.6 Å². The van der Waals surface area contributed by atoms with Crippen molar-refractivity contribution in [1.82, 2.24) is 10.2 Å². The Morgan fingerprint density at radius 2 is 2.00 bits per heavy atom. The summed E-state index contributed by atoms with van der Waals surface area (Å²) in [7, 11) is 0. The lowest BCUT2D eigenvalue weighted by molar-refractivity contribution is -0.137. The average molecular weight is 353 g/mol.